The molecule has 0 aliphatic carbocycles. The number of carboxylic acids is 1. The maximum Gasteiger partial charge on any atom is 0.522 e. The van der Waals surface area contributed by atoms with Gasteiger partial charge in [-0.3, -0.25) is 9.42 Å². The Kier molecular flexibility index (Phi) is 3.30. The molecule has 0 saturated heterocycles. The quantitative estimate of drug-likeness (QED) is 0.832. The molecule has 84 valence electrons. The van der Waals surface area contributed by atoms with Crippen molar-refractivity contribution in [3.05, 3.63) is 18.0 Å². The molecule has 0 bridgehead atoms. The number of rotatable bonds is 4. The lowest BCUT2D eigenvalue weighted by Gasteiger charge is -2.07. The van der Waals surface area contributed by atoms with Crippen molar-refractivity contribution in [1.29, 1.82) is 0 Å². The van der Waals surface area contributed by atoms with Gasteiger partial charge in [-0.05, 0) is 6.07 Å². The Labute approximate surface area is 82.1 Å². The minimum Gasteiger partial charge on any atom is -0.477 e. The number of aromatic nitrogens is 2. The zero-order valence-electron chi connectivity index (χ0n) is 7.36. The molecule has 1 heterocycles. The highest BCUT2D eigenvalue weighted by Gasteiger charge is 2.28. The van der Waals surface area contributed by atoms with Crippen molar-refractivity contribution in [2.45, 2.75) is 12.9 Å². The van der Waals surface area contributed by atoms with Crippen LogP contribution in [0.25, 0.3) is 0 Å². The Hall–Kier alpha value is -1.57. The molecule has 0 aliphatic rings. The Balaban J connectivity index is 2.51. The third-order valence-electron chi connectivity index (χ3n) is 1.50. The normalized spacial score (nSPS) is 11.7. The van der Waals surface area contributed by atoms with Gasteiger partial charge in [0.25, 0.3) is 0 Å². The maximum absolute atomic E-state index is 11.6. The van der Waals surface area contributed by atoms with Gasteiger partial charge in [0.1, 0.15) is 5.69 Å². The second kappa shape index (κ2) is 4.30. The number of hydrogen-bond acceptors (Lipinski definition) is 3. The summed E-state index contributed by atoms with van der Waals surface area (Å²) in [6, 6.07) is 1.19. The van der Waals surface area contributed by atoms with Gasteiger partial charge >= 0.3 is 12.3 Å². The largest absolute Gasteiger partial charge is 0.522 e. The fourth-order valence-electron chi connectivity index (χ4n) is 0.940. The molecular weight excluding hydrogens is 217 g/mol. The summed E-state index contributed by atoms with van der Waals surface area (Å²) in [7, 11) is 0. The molecule has 1 aromatic heterocycles. The number of hydrogen-bond donors (Lipinski definition) is 1. The van der Waals surface area contributed by atoms with Gasteiger partial charge in [-0.2, -0.15) is 5.10 Å². The number of aromatic carboxylic acids is 1. The monoisotopic (exact) mass is 224 g/mol. The fraction of sp³-hybridized carbons (Fsp3) is 0.429. The first-order valence-electron chi connectivity index (χ1n) is 3.86. The highest BCUT2D eigenvalue weighted by molar-refractivity contribution is 5.85. The third kappa shape index (κ3) is 3.58. The molecule has 8 heteroatoms. The van der Waals surface area contributed by atoms with Crippen molar-refractivity contribution in [2.24, 2.45) is 0 Å². The predicted octanol–water partition coefficient (Wildman–Crippen LogP) is 1.12. The van der Waals surface area contributed by atoms with Gasteiger partial charge in [0.05, 0.1) is 13.2 Å². The van der Waals surface area contributed by atoms with Crippen LogP contribution in [-0.2, 0) is 11.3 Å². The number of nitrogens with zero attached hydrogens (tertiary/aromatic N) is 2. The van der Waals surface area contributed by atoms with E-state index < -0.39 is 18.9 Å². The first kappa shape index (κ1) is 11.5. The zero-order valence-corrected chi connectivity index (χ0v) is 7.36. The minimum atomic E-state index is -4.71. The molecule has 0 aliphatic heterocycles. The van der Waals surface area contributed by atoms with Crippen LogP contribution in [-0.4, -0.2) is 33.8 Å². The van der Waals surface area contributed by atoms with Crippen LogP contribution in [0.2, 0.25) is 0 Å². The first-order chi connectivity index (χ1) is 6.90. The van der Waals surface area contributed by atoms with E-state index in [1.807, 2.05) is 0 Å². The van der Waals surface area contributed by atoms with Crippen molar-refractivity contribution in [2.75, 3.05) is 6.61 Å². The molecule has 1 aromatic rings. The van der Waals surface area contributed by atoms with E-state index in [0.29, 0.717) is 0 Å². The molecule has 0 spiro atoms. The van der Waals surface area contributed by atoms with E-state index >= 15 is 0 Å². The van der Waals surface area contributed by atoms with E-state index in [4.69, 9.17) is 5.11 Å². The summed E-state index contributed by atoms with van der Waals surface area (Å²) in [5.41, 5.74) is -0.180. The zero-order chi connectivity index (χ0) is 11.5. The topological polar surface area (TPSA) is 64.3 Å². The van der Waals surface area contributed by atoms with Crippen LogP contribution in [0.1, 0.15) is 10.5 Å². The number of ether oxygens (including phenoxy) is 1. The summed E-state index contributed by atoms with van der Waals surface area (Å²) >= 11 is 0. The van der Waals surface area contributed by atoms with Crippen LogP contribution < -0.4 is 0 Å². The Morgan fingerprint density at radius 1 is 1.60 bits per heavy atom. The number of carboxylic acid groups (broad SMARTS) is 1. The smallest absolute Gasteiger partial charge is 0.477 e. The summed E-state index contributed by atoms with van der Waals surface area (Å²) in [6.45, 7) is -0.945. The molecular formula is C7H7F3N2O3. The van der Waals surface area contributed by atoms with Gasteiger partial charge in [-0.15, -0.1) is 13.2 Å². The average Bonchev–Trinajstić information content (AvgIpc) is 2.49. The standard InChI is InChI=1S/C7H7F3N2O3/c8-7(9,10)15-4-3-12-5(6(13)14)1-2-11-12/h1-2H,3-4H2,(H,13,14). The van der Waals surface area contributed by atoms with Crippen molar-refractivity contribution >= 4 is 5.97 Å². The van der Waals surface area contributed by atoms with Gasteiger partial charge in [0, 0.05) is 6.20 Å². The highest BCUT2D eigenvalue weighted by atomic mass is 19.4. The van der Waals surface area contributed by atoms with E-state index in [2.05, 4.69) is 9.84 Å². The lowest BCUT2D eigenvalue weighted by molar-refractivity contribution is -0.325. The Bertz CT molecular complexity index is 347. The van der Waals surface area contributed by atoms with Crippen LogP contribution in [0.3, 0.4) is 0 Å². The third-order valence-corrected chi connectivity index (χ3v) is 1.50. The minimum absolute atomic E-state index is 0.180. The summed E-state index contributed by atoms with van der Waals surface area (Å²) in [4.78, 5) is 10.5. The van der Waals surface area contributed by atoms with Crippen LogP contribution in [0, 0.1) is 0 Å². The Morgan fingerprint density at radius 2 is 2.27 bits per heavy atom. The second-order valence-electron chi connectivity index (χ2n) is 2.54. The van der Waals surface area contributed by atoms with E-state index in [9.17, 15) is 18.0 Å². The first-order valence-corrected chi connectivity index (χ1v) is 3.86. The number of carbonyl (C=O) groups is 1. The average molecular weight is 224 g/mol. The van der Waals surface area contributed by atoms with Gasteiger partial charge in [-0.1, -0.05) is 0 Å². The fourth-order valence-corrected chi connectivity index (χ4v) is 0.940. The van der Waals surface area contributed by atoms with Crippen molar-refractivity contribution < 1.29 is 27.8 Å². The molecule has 0 atom stereocenters. The van der Waals surface area contributed by atoms with E-state index in [1.54, 1.807) is 0 Å². The van der Waals surface area contributed by atoms with Gasteiger partial charge in [0.2, 0.25) is 0 Å². The van der Waals surface area contributed by atoms with E-state index in [0.717, 1.165) is 4.68 Å². The van der Waals surface area contributed by atoms with E-state index in [1.165, 1.54) is 12.3 Å². The maximum atomic E-state index is 11.6. The molecule has 1 rings (SSSR count). The molecule has 0 fully saturated rings. The second-order valence-corrected chi connectivity index (χ2v) is 2.54. The Morgan fingerprint density at radius 3 is 2.80 bits per heavy atom. The summed E-state index contributed by atoms with van der Waals surface area (Å²) in [5.74, 6) is -1.25. The number of alkyl halides is 3. The SMILES string of the molecule is O=C(O)c1ccnn1CCOC(F)(F)F. The van der Waals surface area contributed by atoms with Gasteiger partial charge < -0.3 is 5.11 Å². The molecule has 0 unspecified atom stereocenters. The lowest BCUT2D eigenvalue weighted by Crippen LogP contribution is -2.19. The van der Waals surface area contributed by atoms with Crippen LogP contribution in [0.4, 0.5) is 13.2 Å². The molecule has 1 N–H and O–H groups in total. The van der Waals surface area contributed by atoms with Crippen molar-refractivity contribution in [1.82, 2.24) is 9.78 Å². The van der Waals surface area contributed by atoms with Gasteiger partial charge in [-0.25, -0.2) is 4.79 Å². The molecule has 0 saturated carbocycles. The van der Waals surface area contributed by atoms with Crippen molar-refractivity contribution in [3.63, 3.8) is 0 Å². The molecule has 0 radical (unpaired) electrons. The highest BCUT2D eigenvalue weighted by Crippen LogP contribution is 2.15. The number of halogens is 3. The molecule has 0 aromatic carbocycles. The summed E-state index contributed by atoms with van der Waals surface area (Å²) < 4.78 is 39.1. The molecule has 0 amide bonds. The van der Waals surface area contributed by atoms with E-state index in [-0.39, 0.29) is 12.2 Å². The predicted molar refractivity (Wildman–Crippen MR) is 41.2 cm³/mol. The van der Waals surface area contributed by atoms with Crippen LogP contribution in [0.5, 0.6) is 0 Å². The summed E-state index contributed by atoms with van der Waals surface area (Å²) in [6.07, 6.45) is -3.52. The molecule has 15 heavy (non-hydrogen) atoms. The van der Waals surface area contributed by atoms with Gasteiger partial charge in [0.15, 0.2) is 0 Å². The van der Waals surface area contributed by atoms with Crippen LogP contribution in [0.15, 0.2) is 12.3 Å². The van der Waals surface area contributed by atoms with Crippen molar-refractivity contribution in [3.8, 4) is 0 Å². The summed E-state index contributed by atoms with van der Waals surface area (Å²) in [5, 5.41) is 12.1. The molecule has 5 nitrogen and oxygen atoms in total. The lowest BCUT2D eigenvalue weighted by atomic mass is 10.4. The van der Waals surface area contributed by atoms with Crippen LogP contribution >= 0.6 is 0 Å².